The number of alkyl halides is 1. The predicted octanol–water partition coefficient (Wildman–Crippen LogP) is 3.81. The maximum absolute atomic E-state index is 6.17. The van der Waals surface area contributed by atoms with Crippen LogP contribution in [0.4, 0.5) is 0 Å². The van der Waals surface area contributed by atoms with E-state index in [4.69, 9.17) is 11.6 Å². The third-order valence-electron chi connectivity index (χ3n) is 3.29. The van der Waals surface area contributed by atoms with Crippen LogP contribution >= 0.6 is 11.6 Å². The Morgan fingerprint density at radius 1 is 1.33 bits per heavy atom. The van der Waals surface area contributed by atoms with Gasteiger partial charge in [-0.1, -0.05) is 20.3 Å². The number of halogens is 1. The number of hydrogen-bond donors (Lipinski definition) is 1. The molecule has 0 radical (unpaired) electrons. The van der Waals surface area contributed by atoms with Crippen LogP contribution in [0.15, 0.2) is 0 Å². The van der Waals surface area contributed by atoms with E-state index in [2.05, 4.69) is 19.2 Å². The summed E-state index contributed by atoms with van der Waals surface area (Å²) in [4.78, 5) is 0. The maximum atomic E-state index is 6.17. The van der Waals surface area contributed by atoms with Crippen LogP contribution in [-0.4, -0.2) is 18.5 Å². The number of hydrogen-bond acceptors (Lipinski definition) is 1. The molecule has 2 unspecified atom stereocenters. The Morgan fingerprint density at radius 3 is 2.80 bits per heavy atom. The molecule has 90 valence electrons. The second-order valence-corrected chi connectivity index (χ2v) is 5.99. The van der Waals surface area contributed by atoms with Gasteiger partial charge in [-0.25, -0.2) is 0 Å². The first-order chi connectivity index (χ1) is 7.18. The predicted molar refractivity (Wildman–Crippen MR) is 68.5 cm³/mol. The molecule has 0 amide bonds. The first-order valence-corrected chi connectivity index (χ1v) is 6.97. The van der Waals surface area contributed by atoms with Crippen molar-refractivity contribution in [3.05, 3.63) is 0 Å². The van der Waals surface area contributed by atoms with Gasteiger partial charge in [-0.05, 0) is 57.0 Å². The van der Waals surface area contributed by atoms with E-state index < -0.39 is 0 Å². The first kappa shape index (κ1) is 13.3. The smallest absolute Gasteiger partial charge is 0.0339 e. The molecule has 0 aromatic carbocycles. The fourth-order valence-electron chi connectivity index (χ4n) is 2.35. The summed E-state index contributed by atoms with van der Waals surface area (Å²) in [6.07, 6.45) is 7.81. The molecule has 0 heterocycles. The molecule has 0 aliphatic heterocycles. The molecular weight excluding hydrogens is 206 g/mol. The molecular formula is C13H26ClN. The molecule has 0 spiro atoms. The van der Waals surface area contributed by atoms with Crippen LogP contribution < -0.4 is 5.32 Å². The van der Waals surface area contributed by atoms with Crippen LogP contribution in [0.3, 0.4) is 0 Å². The Balaban J connectivity index is 1.95. The van der Waals surface area contributed by atoms with Crippen molar-refractivity contribution >= 4 is 11.6 Å². The summed E-state index contributed by atoms with van der Waals surface area (Å²) in [5, 5.41) is 4.02. The van der Waals surface area contributed by atoms with E-state index in [0.29, 0.717) is 5.38 Å². The van der Waals surface area contributed by atoms with Gasteiger partial charge in [0.05, 0.1) is 0 Å². The Bertz CT molecular complexity index is 159. The summed E-state index contributed by atoms with van der Waals surface area (Å²) in [5.74, 6) is 1.68. The molecule has 1 aliphatic rings. The molecule has 1 rings (SSSR count). The minimum Gasteiger partial charge on any atom is -0.316 e. The number of rotatable bonds is 6. The molecule has 1 fully saturated rings. The number of nitrogens with one attached hydrogen (secondary N) is 1. The zero-order chi connectivity index (χ0) is 11.1. The highest BCUT2D eigenvalue weighted by molar-refractivity contribution is 6.20. The average Bonchev–Trinajstić information content (AvgIpc) is 2.17. The van der Waals surface area contributed by atoms with Crippen LogP contribution in [-0.2, 0) is 0 Å². The van der Waals surface area contributed by atoms with E-state index in [9.17, 15) is 0 Å². The summed E-state index contributed by atoms with van der Waals surface area (Å²) in [6.45, 7) is 6.95. The Morgan fingerprint density at radius 2 is 2.13 bits per heavy atom. The molecule has 0 aromatic heterocycles. The van der Waals surface area contributed by atoms with E-state index in [0.717, 1.165) is 11.8 Å². The van der Waals surface area contributed by atoms with Gasteiger partial charge in [-0.2, -0.15) is 0 Å². The van der Waals surface area contributed by atoms with Gasteiger partial charge in [-0.15, -0.1) is 11.6 Å². The molecule has 0 aromatic rings. The van der Waals surface area contributed by atoms with Gasteiger partial charge in [0.25, 0.3) is 0 Å². The Labute approximate surface area is 100.0 Å². The molecule has 2 heteroatoms. The van der Waals surface area contributed by atoms with Gasteiger partial charge < -0.3 is 5.32 Å². The van der Waals surface area contributed by atoms with Crippen molar-refractivity contribution in [1.29, 1.82) is 0 Å². The quantitative estimate of drug-likeness (QED) is 0.542. The van der Waals surface area contributed by atoms with E-state index in [1.807, 2.05) is 0 Å². The van der Waals surface area contributed by atoms with Gasteiger partial charge >= 0.3 is 0 Å². The van der Waals surface area contributed by atoms with Crippen LogP contribution in [0.2, 0.25) is 0 Å². The lowest BCUT2D eigenvalue weighted by molar-refractivity contribution is 0.344. The molecule has 1 saturated carbocycles. The summed E-state index contributed by atoms with van der Waals surface area (Å²) in [6, 6.07) is 0. The van der Waals surface area contributed by atoms with Crippen molar-refractivity contribution in [3.8, 4) is 0 Å². The third kappa shape index (κ3) is 6.42. The Kier molecular flexibility index (Phi) is 6.67. The Hall–Kier alpha value is 0.250. The van der Waals surface area contributed by atoms with Crippen molar-refractivity contribution in [3.63, 3.8) is 0 Å². The molecule has 1 aliphatic carbocycles. The molecule has 1 N–H and O–H groups in total. The fourth-order valence-corrected chi connectivity index (χ4v) is 2.76. The highest BCUT2D eigenvalue weighted by Gasteiger charge is 2.19. The lowest BCUT2D eigenvalue weighted by atomic mass is 9.89. The molecule has 1 nitrogen and oxygen atoms in total. The highest BCUT2D eigenvalue weighted by atomic mass is 35.5. The topological polar surface area (TPSA) is 12.0 Å². The lowest BCUT2D eigenvalue weighted by Crippen LogP contribution is -2.28. The third-order valence-corrected chi connectivity index (χ3v) is 3.68. The zero-order valence-electron chi connectivity index (χ0n) is 10.3. The summed E-state index contributed by atoms with van der Waals surface area (Å²) < 4.78 is 0. The van der Waals surface area contributed by atoms with Crippen molar-refractivity contribution in [2.24, 2.45) is 11.8 Å². The monoisotopic (exact) mass is 231 g/mol. The molecule has 0 bridgehead atoms. The van der Waals surface area contributed by atoms with Gasteiger partial charge in [-0.3, -0.25) is 0 Å². The van der Waals surface area contributed by atoms with E-state index in [-0.39, 0.29) is 0 Å². The minimum absolute atomic E-state index is 0.446. The average molecular weight is 232 g/mol. The molecule has 0 saturated heterocycles. The molecule has 15 heavy (non-hydrogen) atoms. The van der Waals surface area contributed by atoms with Crippen LogP contribution in [0.1, 0.15) is 52.4 Å². The minimum atomic E-state index is 0.446. The SMILES string of the molecule is CC(C)CCCNCC1CCCC(Cl)C1. The van der Waals surface area contributed by atoms with Gasteiger partial charge in [0.15, 0.2) is 0 Å². The largest absolute Gasteiger partial charge is 0.316 e. The first-order valence-electron chi connectivity index (χ1n) is 6.53. The fraction of sp³-hybridized carbons (Fsp3) is 1.00. The van der Waals surface area contributed by atoms with Gasteiger partial charge in [0.1, 0.15) is 0 Å². The van der Waals surface area contributed by atoms with Crippen molar-refractivity contribution in [2.75, 3.05) is 13.1 Å². The highest BCUT2D eigenvalue weighted by Crippen LogP contribution is 2.27. The summed E-state index contributed by atoms with van der Waals surface area (Å²) in [5.41, 5.74) is 0. The second kappa shape index (κ2) is 7.51. The van der Waals surface area contributed by atoms with Gasteiger partial charge in [0, 0.05) is 5.38 Å². The zero-order valence-corrected chi connectivity index (χ0v) is 11.0. The van der Waals surface area contributed by atoms with Crippen molar-refractivity contribution < 1.29 is 0 Å². The maximum Gasteiger partial charge on any atom is 0.0339 e. The van der Waals surface area contributed by atoms with Crippen molar-refractivity contribution in [2.45, 2.75) is 57.7 Å². The van der Waals surface area contributed by atoms with Crippen LogP contribution in [0.25, 0.3) is 0 Å². The molecule has 2 atom stereocenters. The summed E-state index contributed by atoms with van der Waals surface area (Å²) >= 11 is 6.17. The van der Waals surface area contributed by atoms with Crippen LogP contribution in [0.5, 0.6) is 0 Å². The van der Waals surface area contributed by atoms with E-state index >= 15 is 0 Å². The van der Waals surface area contributed by atoms with Gasteiger partial charge in [0.2, 0.25) is 0 Å². The lowest BCUT2D eigenvalue weighted by Gasteiger charge is -2.25. The van der Waals surface area contributed by atoms with E-state index in [1.165, 1.54) is 51.6 Å². The summed E-state index contributed by atoms with van der Waals surface area (Å²) in [7, 11) is 0. The second-order valence-electron chi connectivity index (χ2n) is 5.37. The van der Waals surface area contributed by atoms with Crippen molar-refractivity contribution in [1.82, 2.24) is 5.32 Å². The standard InChI is InChI=1S/C13H26ClN/c1-11(2)5-4-8-15-10-12-6-3-7-13(14)9-12/h11-13,15H,3-10H2,1-2H3. The van der Waals surface area contributed by atoms with Crippen LogP contribution in [0, 0.1) is 11.8 Å². The normalized spacial score (nSPS) is 27.2. The van der Waals surface area contributed by atoms with E-state index in [1.54, 1.807) is 0 Å².